The molecule has 0 bridgehead atoms. The van der Waals surface area contributed by atoms with Crippen molar-refractivity contribution in [2.45, 2.75) is 39.8 Å². The molecule has 0 fully saturated rings. The predicted octanol–water partition coefficient (Wildman–Crippen LogP) is 2.81. The minimum atomic E-state index is -1.61. The van der Waals surface area contributed by atoms with Crippen LogP contribution in [0.25, 0.3) is 0 Å². The van der Waals surface area contributed by atoms with Gasteiger partial charge in [-0.15, -0.1) is 0 Å². The maximum Gasteiger partial charge on any atom is 0.341 e. The van der Waals surface area contributed by atoms with Crippen molar-refractivity contribution in [3.63, 3.8) is 0 Å². The Bertz CT molecular complexity index is 734. The van der Waals surface area contributed by atoms with E-state index in [1.165, 1.54) is 0 Å². The van der Waals surface area contributed by atoms with Crippen LogP contribution < -0.4 is 5.32 Å². The van der Waals surface area contributed by atoms with Crippen molar-refractivity contribution in [1.82, 2.24) is 15.1 Å². The molecule has 130 valence electrons. The molecule has 0 unspecified atom stereocenters. The van der Waals surface area contributed by atoms with Gasteiger partial charge in [-0.1, -0.05) is 13.8 Å². The molecule has 0 amide bonds. The van der Waals surface area contributed by atoms with Crippen LogP contribution in [0.5, 0.6) is 0 Å². The first-order valence-electron chi connectivity index (χ1n) is 7.84. The first-order chi connectivity index (χ1) is 11.4. The predicted molar refractivity (Wildman–Crippen MR) is 85.8 cm³/mol. The van der Waals surface area contributed by atoms with E-state index in [0.717, 1.165) is 41.9 Å². The molecule has 1 aromatic carbocycles. The zero-order valence-corrected chi connectivity index (χ0v) is 14.0. The van der Waals surface area contributed by atoms with Crippen LogP contribution in [0.3, 0.4) is 0 Å². The first kappa shape index (κ1) is 18.1. The fourth-order valence-corrected chi connectivity index (χ4v) is 2.86. The minimum Gasteiger partial charge on any atom is -0.477 e. The largest absolute Gasteiger partial charge is 0.477 e. The molecule has 0 spiro atoms. The van der Waals surface area contributed by atoms with Crippen molar-refractivity contribution in [1.29, 1.82) is 0 Å². The molecule has 2 N–H and O–H groups in total. The van der Waals surface area contributed by atoms with Crippen LogP contribution in [-0.2, 0) is 33.0 Å². The van der Waals surface area contributed by atoms with E-state index in [4.69, 9.17) is 5.11 Å². The lowest BCUT2D eigenvalue weighted by Crippen LogP contribution is -2.16. The SMILES string of the molecule is CCc1nn(C)c(CC)c1CNCc1cc(F)c(C(=O)O)c(F)c1. The maximum atomic E-state index is 13.7. The number of benzene rings is 1. The number of hydrogen-bond acceptors (Lipinski definition) is 3. The number of aryl methyl sites for hydroxylation is 2. The van der Waals surface area contributed by atoms with Gasteiger partial charge in [0.15, 0.2) is 0 Å². The van der Waals surface area contributed by atoms with Crippen molar-refractivity contribution in [2.24, 2.45) is 7.05 Å². The zero-order chi connectivity index (χ0) is 17.9. The number of aromatic carboxylic acids is 1. The van der Waals surface area contributed by atoms with E-state index in [1.54, 1.807) is 0 Å². The van der Waals surface area contributed by atoms with E-state index in [9.17, 15) is 13.6 Å². The number of rotatable bonds is 7. The lowest BCUT2D eigenvalue weighted by Gasteiger charge is -2.09. The molecule has 0 saturated heterocycles. The third-order valence-electron chi connectivity index (χ3n) is 3.97. The second-order valence-electron chi connectivity index (χ2n) is 5.55. The van der Waals surface area contributed by atoms with Gasteiger partial charge in [-0.05, 0) is 30.5 Å². The highest BCUT2D eigenvalue weighted by Gasteiger charge is 2.18. The van der Waals surface area contributed by atoms with Gasteiger partial charge in [0.1, 0.15) is 17.2 Å². The molecular weight excluding hydrogens is 316 g/mol. The number of carboxylic acid groups (broad SMARTS) is 1. The van der Waals surface area contributed by atoms with Gasteiger partial charge in [0.25, 0.3) is 0 Å². The van der Waals surface area contributed by atoms with E-state index >= 15 is 0 Å². The molecule has 0 atom stereocenters. The smallest absolute Gasteiger partial charge is 0.341 e. The summed E-state index contributed by atoms with van der Waals surface area (Å²) < 4.78 is 29.2. The molecule has 0 saturated carbocycles. The van der Waals surface area contributed by atoms with Crippen LogP contribution >= 0.6 is 0 Å². The van der Waals surface area contributed by atoms with Crippen LogP contribution in [-0.4, -0.2) is 20.9 Å². The maximum absolute atomic E-state index is 13.7. The van der Waals surface area contributed by atoms with E-state index in [2.05, 4.69) is 17.3 Å². The number of aromatic nitrogens is 2. The monoisotopic (exact) mass is 337 g/mol. The lowest BCUT2D eigenvalue weighted by atomic mass is 10.1. The van der Waals surface area contributed by atoms with Crippen molar-refractivity contribution in [3.05, 3.63) is 51.8 Å². The lowest BCUT2D eigenvalue weighted by molar-refractivity contribution is 0.0686. The van der Waals surface area contributed by atoms with Gasteiger partial charge in [0, 0.05) is 31.4 Å². The number of nitrogens with one attached hydrogen (secondary N) is 1. The van der Waals surface area contributed by atoms with Gasteiger partial charge in [0.2, 0.25) is 0 Å². The van der Waals surface area contributed by atoms with Crippen molar-refractivity contribution >= 4 is 5.97 Å². The topological polar surface area (TPSA) is 67.2 Å². The molecular formula is C17H21F2N3O2. The summed E-state index contributed by atoms with van der Waals surface area (Å²) in [7, 11) is 1.90. The second kappa shape index (κ2) is 7.53. The van der Waals surface area contributed by atoms with Gasteiger partial charge < -0.3 is 10.4 Å². The van der Waals surface area contributed by atoms with Gasteiger partial charge in [-0.2, -0.15) is 5.10 Å². The summed E-state index contributed by atoms with van der Waals surface area (Å²) in [6, 6.07) is 2.09. The van der Waals surface area contributed by atoms with E-state index in [0.29, 0.717) is 12.1 Å². The number of halogens is 2. The number of nitrogens with zero attached hydrogens (tertiary/aromatic N) is 2. The minimum absolute atomic E-state index is 0.231. The summed E-state index contributed by atoms with van der Waals surface area (Å²) in [5, 5.41) is 16.4. The van der Waals surface area contributed by atoms with Crippen LogP contribution in [0.1, 0.15) is 46.7 Å². The molecule has 0 radical (unpaired) electrons. The van der Waals surface area contributed by atoms with Gasteiger partial charge in [-0.3, -0.25) is 4.68 Å². The Morgan fingerprint density at radius 3 is 2.33 bits per heavy atom. The molecule has 1 aromatic heterocycles. The average Bonchev–Trinajstić information content (AvgIpc) is 2.81. The molecule has 0 aliphatic rings. The van der Waals surface area contributed by atoms with Gasteiger partial charge in [0.05, 0.1) is 5.69 Å². The summed E-state index contributed by atoms with van der Waals surface area (Å²) in [6.07, 6.45) is 1.65. The Labute approximate surface area is 139 Å². The van der Waals surface area contributed by atoms with Crippen LogP contribution in [0.15, 0.2) is 12.1 Å². The average molecular weight is 337 g/mol. The van der Waals surface area contributed by atoms with Crippen molar-refractivity contribution < 1.29 is 18.7 Å². The number of carboxylic acids is 1. The molecule has 0 aliphatic heterocycles. The quantitative estimate of drug-likeness (QED) is 0.815. The third kappa shape index (κ3) is 3.62. The Morgan fingerprint density at radius 2 is 1.83 bits per heavy atom. The summed E-state index contributed by atoms with van der Waals surface area (Å²) in [5.74, 6) is -3.74. The molecule has 5 nitrogen and oxygen atoms in total. The van der Waals surface area contributed by atoms with Crippen LogP contribution in [0, 0.1) is 11.6 Å². The van der Waals surface area contributed by atoms with Crippen molar-refractivity contribution in [3.8, 4) is 0 Å². The Morgan fingerprint density at radius 1 is 1.21 bits per heavy atom. The molecule has 2 rings (SSSR count). The van der Waals surface area contributed by atoms with Crippen LogP contribution in [0.2, 0.25) is 0 Å². The fraction of sp³-hybridized carbons (Fsp3) is 0.412. The normalized spacial score (nSPS) is 11.0. The van der Waals surface area contributed by atoms with Crippen LogP contribution in [0.4, 0.5) is 8.78 Å². The Kier molecular flexibility index (Phi) is 5.66. The highest BCUT2D eigenvalue weighted by Crippen LogP contribution is 2.17. The summed E-state index contributed by atoms with van der Waals surface area (Å²) in [5.41, 5.74) is 2.66. The first-order valence-corrected chi connectivity index (χ1v) is 7.84. The zero-order valence-electron chi connectivity index (χ0n) is 14.0. The van der Waals surface area contributed by atoms with E-state index < -0.39 is 23.2 Å². The fourth-order valence-electron chi connectivity index (χ4n) is 2.86. The molecule has 2 aromatic rings. The third-order valence-corrected chi connectivity index (χ3v) is 3.97. The van der Waals surface area contributed by atoms with Gasteiger partial charge >= 0.3 is 5.97 Å². The number of carbonyl (C=O) groups is 1. The highest BCUT2D eigenvalue weighted by atomic mass is 19.1. The van der Waals surface area contributed by atoms with E-state index in [-0.39, 0.29) is 6.54 Å². The highest BCUT2D eigenvalue weighted by molar-refractivity contribution is 5.88. The number of hydrogen-bond donors (Lipinski definition) is 2. The second-order valence-corrected chi connectivity index (χ2v) is 5.55. The van der Waals surface area contributed by atoms with Crippen molar-refractivity contribution in [2.75, 3.05) is 0 Å². The summed E-state index contributed by atoms with van der Waals surface area (Å²) in [4.78, 5) is 10.8. The Balaban J connectivity index is 2.12. The standard InChI is InChI=1S/C17H21F2N3O2/c1-4-14-11(15(5-2)22(3)21-14)9-20-8-10-6-12(18)16(17(23)24)13(19)7-10/h6-7,20H,4-5,8-9H2,1-3H3,(H,23,24). The molecule has 24 heavy (non-hydrogen) atoms. The molecule has 1 heterocycles. The molecule has 7 heteroatoms. The van der Waals surface area contributed by atoms with Gasteiger partial charge in [-0.25, -0.2) is 13.6 Å². The molecule has 0 aliphatic carbocycles. The Hall–Kier alpha value is -2.28. The summed E-state index contributed by atoms with van der Waals surface area (Å²) >= 11 is 0. The summed E-state index contributed by atoms with van der Waals surface area (Å²) in [6.45, 7) is 4.84. The van der Waals surface area contributed by atoms with E-state index in [1.807, 2.05) is 18.7 Å².